The molecular weight excluding hydrogens is 188 g/mol. The molecular formula is C8H14N2O4. The molecule has 1 heterocycles. The third-order valence-corrected chi connectivity index (χ3v) is 1.81. The molecule has 3 N–H and O–H groups in total. The van der Waals surface area contributed by atoms with Crippen molar-refractivity contribution in [2.24, 2.45) is 5.73 Å². The smallest absolute Gasteiger partial charge is 0.332 e. The normalized spacial score (nSPS) is 18.1. The van der Waals surface area contributed by atoms with Gasteiger partial charge in [-0.2, -0.15) is 0 Å². The Labute approximate surface area is 81.7 Å². The van der Waals surface area contributed by atoms with Crippen LogP contribution in [0.4, 0.5) is 0 Å². The number of rotatable bonds is 4. The van der Waals surface area contributed by atoms with Crippen LogP contribution in [-0.2, 0) is 19.1 Å². The molecule has 1 fully saturated rings. The Morgan fingerprint density at radius 1 is 1.64 bits per heavy atom. The second-order valence-corrected chi connectivity index (χ2v) is 2.97. The molecule has 0 aromatic rings. The number of hydrogen-bond donors (Lipinski definition) is 2. The molecule has 14 heavy (non-hydrogen) atoms. The number of esters is 1. The highest BCUT2D eigenvalue weighted by molar-refractivity contribution is 6.01. The van der Waals surface area contributed by atoms with Crippen LogP contribution >= 0.6 is 0 Å². The first-order valence-corrected chi connectivity index (χ1v) is 4.45. The summed E-state index contributed by atoms with van der Waals surface area (Å²) in [6.45, 7) is 2.82. The highest BCUT2D eigenvalue weighted by atomic mass is 16.5. The van der Waals surface area contributed by atoms with Crippen LogP contribution in [0.15, 0.2) is 0 Å². The first-order valence-electron chi connectivity index (χ1n) is 4.45. The minimum absolute atomic E-state index is 0.0250. The topological polar surface area (TPSA) is 90.7 Å². The lowest BCUT2D eigenvalue weighted by atomic mass is 10.2. The summed E-state index contributed by atoms with van der Waals surface area (Å²) in [4.78, 5) is 22.3. The highest BCUT2D eigenvalue weighted by Crippen LogP contribution is 1.99. The second-order valence-electron chi connectivity index (χ2n) is 2.97. The molecule has 0 bridgehead atoms. The molecule has 0 aliphatic carbocycles. The average molecular weight is 202 g/mol. The molecule has 0 aromatic heterocycles. The maximum atomic E-state index is 11.3. The lowest BCUT2D eigenvalue weighted by Crippen LogP contribution is -2.55. The Hall–Kier alpha value is -1.14. The van der Waals surface area contributed by atoms with E-state index in [1.54, 1.807) is 6.92 Å². The molecule has 1 aliphatic heterocycles. The van der Waals surface area contributed by atoms with Gasteiger partial charge in [-0.3, -0.25) is 4.79 Å². The predicted molar refractivity (Wildman–Crippen MR) is 47.4 cm³/mol. The molecule has 0 radical (unpaired) electrons. The minimum Gasteiger partial charge on any atom is -0.464 e. The summed E-state index contributed by atoms with van der Waals surface area (Å²) in [5.74, 6) is -1.22. The van der Waals surface area contributed by atoms with Gasteiger partial charge in [-0.15, -0.1) is 0 Å². The Morgan fingerprint density at radius 2 is 2.29 bits per heavy atom. The largest absolute Gasteiger partial charge is 0.464 e. The van der Waals surface area contributed by atoms with E-state index in [0.717, 1.165) is 0 Å². The minimum atomic E-state index is -1.24. The van der Waals surface area contributed by atoms with E-state index in [2.05, 4.69) is 10.1 Å². The van der Waals surface area contributed by atoms with Crippen molar-refractivity contribution in [2.75, 3.05) is 19.8 Å². The zero-order valence-corrected chi connectivity index (χ0v) is 7.99. The van der Waals surface area contributed by atoms with Crippen LogP contribution < -0.4 is 11.1 Å². The Morgan fingerprint density at radius 3 is 2.71 bits per heavy atom. The van der Waals surface area contributed by atoms with Crippen LogP contribution in [0.25, 0.3) is 0 Å². The van der Waals surface area contributed by atoms with Crippen LogP contribution in [0.3, 0.4) is 0 Å². The molecule has 1 atom stereocenters. The molecule has 0 saturated carbocycles. The fraction of sp³-hybridized carbons (Fsp3) is 0.750. The first-order chi connectivity index (χ1) is 6.65. The SMILES string of the molecule is CCOC(=O)C(N)C(=O)NC1COC1. The zero-order valence-electron chi connectivity index (χ0n) is 7.99. The van der Waals surface area contributed by atoms with Crippen molar-refractivity contribution in [1.29, 1.82) is 0 Å². The molecule has 0 spiro atoms. The van der Waals surface area contributed by atoms with Crippen molar-refractivity contribution in [3.05, 3.63) is 0 Å². The number of carbonyl (C=O) groups is 2. The molecule has 1 saturated heterocycles. The molecule has 0 aromatic carbocycles. The van der Waals surface area contributed by atoms with Crippen LogP contribution in [-0.4, -0.2) is 43.8 Å². The third-order valence-electron chi connectivity index (χ3n) is 1.81. The quantitative estimate of drug-likeness (QED) is 0.423. The lowest BCUT2D eigenvalue weighted by Gasteiger charge is -2.27. The summed E-state index contributed by atoms with van der Waals surface area (Å²) in [6.07, 6.45) is 0. The number of ether oxygens (including phenoxy) is 2. The number of nitrogens with two attached hydrogens (primary N) is 1. The maximum absolute atomic E-state index is 11.3. The van der Waals surface area contributed by atoms with Crippen LogP contribution in [0.5, 0.6) is 0 Å². The van der Waals surface area contributed by atoms with Crippen molar-refractivity contribution in [3.8, 4) is 0 Å². The molecule has 6 heteroatoms. The van der Waals surface area contributed by atoms with E-state index in [9.17, 15) is 9.59 Å². The van der Waals surface area contributed by atoms with E-state index in [4.69, 9.17) is 10.5 Å². The van der Waals surface area contributed by atoms with Crippen molar-refractivity contribution in [1.82, 2.24) is 5.32 Å². The van der Waals surface area contributed by atoms with Crippen LogP contribution in [0.1, 0.15) is 6.92 Å². The standard InChI is InChI=1S/C8H14N2O4/c1-2-14-8(12)6(9)7(11)10-5-3-13-4-5/h5-6H,2-4,9H2,1H3,(H,10,11). The third kappa shape index (κ3) is 2.68. The van der Waals surface area contributed by atoms with E-state index >= 15 is 0 Å². The van der Waals surface area contributed by atoms with E-state index in [0.29, 0.717) is 13.2 Å². The van der Waals surface area contributed by atoms with Gasteiger partial charge in [-0.1, -0.05) is 0 Å². The van der Waals surface area contributed by atoms with Gasteiger partial charge in [-0.25, -0.2) is 4.79 Å². The highest BCUT2D eigenvalue weighted by Gasteiger charge is 2.28. The van der Waals surface area contributed by atoms with Crippen molar-refractivity contribution in [2.45, 2.75) is 19.0 Å². The summed E-state index contributed by atoms with van der Waals surface area (Å²) in [5, 5.41) is 2.57. The summed E-state index contributed by atoms with van der Waals surface area (Å²) >= 11 is 0. The van der Waals surface area contributed by atoms with Crippen molar-refractivity contribution < 1.29 is 19.1 Å². The van der Waals surface area contributed by atoms with Gasteiger partial charge >= 0.3 is 5.97 Å². The fourth-order valence-electron chi connectivity index (χ4n) is 0.949. The van der Waals surface area contributed by atoms with Crippen molar-refractivity contribution >= 4 is 11.9 Å². The van der Waals surface area contributed by atoms with Crippen LogP contribution in [0, 0.1) is 0 Å². The Kier molecular flexibility index (Phi) is 3.84. The second kappa shape index (κ2) is 4.92. The fourth-order valence-corrected chi connectivity index (χ4v) is 0.949. The van der Waals surface area contributed by atoms with Gasteiger partial charge in [0.2, 0.25) is 5.91 Å². The molecule has 1 amide bonds. The van der Waals surface area contributed by atoms with Gasteiger partial charge in [0, 0.05) is 0 Å². The van der Waals surface area contributed by atoms with Gasteiger partial charge in [-0.05, 0) is 6.92 Å². The van der Waals surface area contributed by atoms with Gasteiger partial charge < -0.3 is 20.5 Å². The monoisotopic (exact) mass is 202 g/mol. The van der Waals surface area contributed by atoms with E-state index in [-0.39, 0.29) is 12.6 Å². The molecule has 1 unspecified atom stereocenters. The lowest BCUT2D eigenvalue weighted by molar-refractivity contribution is -0.148. The number of amides is 1. The van der Waals surface area contributed by atoms with Crippen LogP contribution in [0.2, 0.25) is 0 Å². The Balaban J connectivity index is 2.30. The number of hydrogen-bond acceptors (Lipinski definition) is 5. The Bertz CT molecular complexity index is 227. The van der Waals surface area contributed by atoms with Crippen molar-refractivity contribution in [3.63, 3.8) is 0 Å². The number of carbonyl (C=O) groups excluding carboxylic acids is 2. The van der Waals surface area contributed by atoms with Gasteiger partial charge in [0.1, 0.15) is 0 Å². The summed E-state index contributed by atoms with van der Waals surface area (Å²) in [7, 11) is 0. The van der Waals surface area contributed by atoms with Gasteiger partial charge in [0.25, 0.3) is 0 Å². The predicted octanol–water partition coefficient (Wildman–Crippen LogP) is -1.61. The van der Waals surface area contributed by atoms with E-state index < -0.39 is 17.9 Å². The van der Waals surface area contributed by atoms with E-state index in [1.807, 2.05) is 0 Å². The summed E-state index contributed by atoms with van der Waals surface area (Å²) in [6, 6.07) is -1.27. The average Bonchev–Trinajstić information content (AvgIpc) is 2.10. The number of nitrogens with one attached hydrogen (secondary N) is 1. The maximum Gasteiger partial charge on any atom is 0.332 e. The van der Waals surface area contributed by atoms with E-state index in [1.165, 1.54) is 0 Å². The summed E-state index contributed by atoms with van der Waals surface area (Å²) in [5.41, 5.74) is 5.35. The van der Waals surface area contributed by atoms with Gasteiger partial charge in [0.05, 0.1) is 25.9 Å². The van der Waals surface area contributed by atoms with Gasteiger partial charge in [0.15, 0.2) is 6.04 Å². The summed E-state index contributed by atoms with van der Waals surface area (Å²) < 4.78 is 9.45. The first kappa shape index (κ1) is 10.9. The molecule has 1 rings (SSSR count). The molecule has 1 aliphatic rings. The molecule has 80 valence electrons. The molecule has 6 nitrogen and oxygen atoms in total. The zero-order chi connectivity index (χ0) is 10.6.